The molecule has 1 aliphatic rings. The molecular formula is C17H21FN2O. The summed E-state index contributed by atoms with van der Waals surface area (Å²) in [5, 5.41) is 2.76. The highest BCUT2D eigenvalue weighted by Crippen LogP contribution is 2.26. The van der Waals surface area contributed by atoms with Crippen molar-refractivity contribution < 1.29 is 9.18 Å². The predicted octanol–water partition coefficient (Wildman–Crippen LogP) is 3.04. The van der Waals surface area contributed by atoms with E-state index in [2.05, 4.69) is 17.2 Å². The number of halogens is 1. The molecule has 0 saturated heterocycles. The minimum absolute atomic E-state index is 0.0397. The van der Waals surface area contributed by atoms with Crippen LogP contribution in [0.25, 0.3) is 0 Å². The fraction of sp³-hybridized carbons (Fsp3) is 0.471. The quantitative estimate of drug-likeness (QED) is 0.840. The third-order valence-electron chi connectivity index (χ3n) is 3.78. The third kappa shape index (κ3) is 4.87. The summed E-state index contributed by atoms with van der Waals surface area (Å²) < 4.78 is 13.8. The highest BCUT2D eigenvalue weighted by Gasteiger charge is 2.17. The number of hydrogen-bond acceptors (Lipinski definition) is 2. The van der Waals surface area contributed by atoms with Gasteiger partial charge in [-0.3, -0.25) is 4.79 Å². The molecule has 1 amide bonds. The molecular weight excluding hydrogens is 267 g/mol. The fourth-order valence-electron chi connectivity index (χ4n) is 2.71. The Hall–Kier alpha value is -1.86. The van der Waals surface area contributed by atoms with E-state index in [1.165, 1.54) is 25.3 Å². The van der Waals surface area contributed by atoms with E-state index in [9.17, 15) is 9.18 Å². The van der Waals surface area contributed by atoms with Crippen LogP contribution in [-0.2, 0) is 4.79 Å². The van der Waals surface area contributed by atoms with Crippen molar-refractivity contribution in [3.8, 4) is 11.8 Å². The molecule has 112 valence electrons. The van der Waals surface area contributed by atoms with Gasteiger partial charge in [-0.05, 0) is 37.0 Å². The molecule has 0 atom stereocenters. The summed E-state index contributed by atoms with van der Waals surface area (Å²) in [6, 6.07) is 4.54. The lowest BCUT2D eigenvalue weighted by Crippen LogP contribution is -2.18. The SMILES string of the molecule is NCC#Cc1ccc(NC(=O)CC2CCCCC2)cc1F. The number of amides is 1. The first-order valence-corrected chi connectivity index (χ1v) is 7.47. The van der Waals surface area contributed by atoms with E-state index in [0.29, 0.717) is 23.6 Å². The molecule has 0 spiro atoms. The van der Waals surface area contributed by atoms with Gasteiger partial charge >= 0.3 is 0 Å². The molecule has 3 N–H and O–H groups in total. The molecule has 0 aliphatic heterocycles. The van der Waals surface area contributed by atoms with Gasteiger partial charge < -0.3 is 11.1 Å². The molecule has 1 aromatic carbocycles. The molecule has 1 aliphatic carbocycles. The summed E-state index contributed by atoms with van der Waals surface area (Å²) in [4.78, 5) is 12.0. The van der Waals surface area contributed by atoms with Gasteiger partial charge in [0.2, 0.25) is 5.91 Å². The number of nitrogens with two attached hydrogens (primary N) is 1. The molecule has 0 heterocycles. The predicted molar refractivity (Wildman–Crippen MR) is 82.2 cm³/mol. The lowest BCUT2D eigenvalue weighted by atomic mass is 9.87. The molecule has 2 rings (SSSR count). The van der Waals surface area contributed by atoms with Crippen LogP contribution >= 0.6 is 0 Å². The van der Waals surface area contributed by atoms with Crippen LogP contribution < -0.4 is 11.1 Å². The average molecular weight is 288 g/mol. The van der Waals surface area contributed by atoms with E-state index < -0.39 is 5.82 Å². The van der Waals surface area contributed by atoms with Crippen LogP contribution in [0.5, 0.6) is 0 Å². The Morgan fingerprint density at radius 3 is 2.76 bits per heavy atom. The van der Waals surface area contributed by atoms with Crippen molar-refractivity contribution in [1.82, 2.24) is 0 Å². The number of hydrogen-bond donors (Lipinski definition) is 2. The number of benzene rings is 1. The maximum Gasteiger partial charge on any atom is 0.224 e. The van der Waals surface area contributed by atoms with Gasteiger partial charge in [0.05, 0.1) is 12.1 Å². The van der Waals surface area contributed by atoms with Crippen LogP contribution in [0.2, 0.25) is 0 Å². The monoisotopic (exact) mass is 288 g/mol. The van der Waals surface area contributed by atoms with Gasteiger partial charge in [-0.1, -0.05) is 31.1 Å². The number of anilines is 1. The molecule has 1 aromatic rings. The molecule has 4 heteroatoms. The standard InChI is InChI=1S/C17H21FN2O/c18-16-12-15(9-8-14(16)7-4-10-19)20-17(21)11-13-5-2-1-3-6-13/h8-9,12-13H,1-3,5-6,10-11,19H2,(H,20,21). The van der Waals surface area contributed by atoms with Crippen molar-refractivity contribution >= 4 is 11.6 Å². The van der Waals surface area contributed by atoms with Crippen LogP contribution in [-0.4, -0.2) is 12.5 Å². The molecule has 21 heavy (non-hydrogen) atoms. The maximum atomic E-state index is 13.8. The van der Waals surface area contributed by atoms with Crippen LogP contribution in [0.3, 0.4) is 0 Å². The summed E-state index contributed by atoms with van der Waals surface area (Å²) in [6.07, 6.45) is 6.46. The van der Waals surface area contributed by atoms with E-state index >= 15 is 0 Å². The molecule has 0 aromatic heterocycles. The zero-order valence-corrected chi connectivity index (χ0v) is 12.1. The molecule has 0 bridgehead atoms. The summed E-state index contributed by atoms with van der Waals surface area (Å²) in [6.45, 7) is 0.194. The lowest BCUT2D eigenvalue weighted by molar-refractivity contribution is -0.117. The van der Waals surface area contributed by atoms with Crippen molar-refractivity contribution in [1.29, 1.82) is 0 Å². The van der Waals surface area contributed by atoms with Gasteiger partial charge in [-0.15, -0.1) is 0 Å². The summed E-state index contributed by atoms with van der Waals surface area (Å²) in [7, 11) is 0. The highest BCUT2D eigenvalue weighted by atomic mass is 19.1. The second kappa shape index (κ2) is 7.80. The average Bonchev–Trinajstić information content (AvgIpc) is 2.47. The van der Waals surface area contributed by atoms with Crippen molar-refractivity contribution in [2.45, 2.75) is 38.5 Å². The number of nitrogens with one attached hydrogen (secondary N) is 1. The maximum absolute atomic E-state index is 13.8. The second-order valence-corrected chi connectivity index (χ2v) is 5.46. The van der Waals surface area contributed by atoms with Crippen LogP contribution in [0, 0.1) is 23.6 Å². The Morgan fingerprint density at radius 1 is 1.33 bits per heavy atom. The van der Waals surface area contributed by atoms with Crippen molar-refractivity contribution in [3.63, 3.8) is 0 Å². The normalized spacial score (nSPS) is 15.1. The first kappa shape index (κ1) is 15.5. The van der Waals surface area contributed by atoms with Gasteiger partial charge in [0.1, 0.15) is 5.82 Å². The van der Waals surface area contributed by atoms with Crippen LogP contribution in [0.15, 0.2) is 18.2 Å². The molecule has 0 radical (unpaired) electrons. The minimum Gasteiger partial charge on any atom is -0.326 e. The Labute approximate surface area is 125 Å². The van der Waals surface area contributed by atoms with Gasteiger partial charge in [0.25, 0.3) is 0 Å². The van der Waals surface area contributed by atoms with E-state index in [1.54, 1.807) is 12.1 Å². The summed E-state index contributed by atoms with van der Waals surface area (Å²) in [5.74, 6) is 5.26. The molecule has 0 unspecified atom stereocenters. The Balaban J connectivity index is 1.92. The van der Waals surface area contributed by atoms with Gasteiger partial charge in [0.15, 0.2) is 0 Å². The van der Waals surface area contributed by atoms with Crippen molar-refractivity contribution in [2.75, 3.05) is 11.9 Å². The van der Waals surface area contributed by atoms with E-state index in [-0.39, 0.29) is 12.5 Å². The van der Waals surface area contributed by atoms with Crippen LogP contribution in [0.4, 0.5) is 10.1 Å². The second-order valence-electron chi connectivity index (χ2n) is 5.46. The van der Waals surface area contributed by atoms with Crippen LogP contribution in [0.1, 0.15) is 44.1 Å². The minimum atomic E-state index is -0.439. The third-order valence-corrected chi connectivity index (χ3v) is 3.78. The molecule has 1 fully saturated rings. The zero-order valence-electron chi connectivity index (χ0n) is 12.1. The molecule has 3 nitrogen and oxygen atoms in total. The van der Waals surface area contributed by atoms with Gasteiger partial charge in [0, 0.05) is 12.1 Å². The first-order valence-electron chi connectivity index (χ1n) is 7.47. The Kier molecular flexibility index (Phi) is 5.77. The molecule has 1 saturated carbocycles. The Morgan fingerprint density at radius 2 is 2.10 bits per heavy atom. The Bertz CT molecular complexity index is 554. The highest BCUT2D eigenvalue weighted by molar-refractivity contribution is 5.90. The first-order chi connectivity index (χ1) is 10.2. The number of rotatable bonds is 3. The topological polar surface area (TPSA) is 55.1 Å². The van der Waals surface area contributed by atoms with E-state index in [4.69, 9.17) is 5.73 Å². The number of carbonyl (C=O) groups excluding carboxylic acids is 1. The summed E-state index contributed by atoms with van der Waals surface area (Å²) >= 11 is 0. The zero-order chi connectivity index (χ0) is 15.1. The number of carbonyl (C=O) groups is 1. The lowest BCUT2D eigenvalue weighted by Gasteiger charge is -2.20. The van der Waals surface area contributed by atoms with Gasteiger partial charge in [-0.2, -0.15) is 0 Å². The van der Waals surface area contributed by atoms with Crippen molar-refractivity contribution in [3.05, 3.63) is 29.6 Å². The fourth-order valence-corrected chi connectivity index (χ4v) is 2.71. The van der Waals surface area contributed by atoms with Gasteiger partial charge in [-0.25, -0.2) is 4.39 Å². The largest absolute Gasteiger partial charge is 0.326 e. The van der Waals surface area contributed by atoms with E-state index in [1.807, 2.05) is 0 Å². The summed E-state index contributed by atoms with van der Waals surface area (Å²) in [5.41, 5.74) is 6.03. The smallest absolute Gasteiger partial charge is 0.224 e. The van der Waals surface area contributed by atoms with Crippen molar-refractivity contribution in [2.24, 2.45) is 11.7 Å². The van der Waals surface area contributed by atoms with E-state index in [0.717, 1.165) is 12.8 Å².